The molecule has 198 valence electrons. The summed E-state index contributed by atoms with van der Waals surface area (Å²) < 4.78 is 28.0. The molecule has 6 nitrogen and oxygen atoms in total. The zero-order valence-corrected chi connectivity index (χ0v) is 22.6. The van der Waals surface area contributed by atoms with Gasteiger partial charge in [-0.25, -0.2) is 23.3 Å². The van der Waals surface area contributed by atoms with Gasteiger partial charge in [-0.3, -0.25) is 0 Å². The van der Waals surface area contributed by atoms with Crippen LogP contribution in [0.25, 0.3) is 5.78 Å². The Morgan fingerprint density at radius 1 is 1.14 bits per heavy atom. The highest BCUT2D eigenvalue weighted by atomic mass is 19.3. The van der Waals surface area contributed by atoms with Gasteiger partial charge in [0, 0.05) is 24.6 Å². The van der Waals surface area contributed by atoms with E-state index in [9.17, 15) is 8.78 Å². The van der Waals surface area contributed by atoms with Crippen LogP contribution in [-0.4, -0.2) is 38.6 Å². The van der Waals surface area contributed by atoms with Gasteiger partial charge >= 0.3 is 0 Å². The van der Waals surface area contributed by atoms with Gasteiger partial charge in [-0.1, -0.05) is 40.7 Å². The second-order valence-corrected chi connectivity index (χ2v) is 9.86. The van der Waals surface area contributed by atoms with E-state index in [0.717, 1.165) is 43.5 Å². The average Bonchev–Trinajstić information content (AvgIpc) is 3.26. The van der Waals surface area contributed by atoms with Gasteiger partial charge in [-0.15, -0.1) is 0 Å². The lowest BCUT2D eigenvalue weighted by Gasteiger charge is -2.23. The maximum atomic E-state index is 13.1. The molecule has 3 atom stereocenters. The predicted molar refractivity (Wildman–Crippen MR) is 140 cm³/mol. The molecule has 0 bridgehead atoms. The van der Waals surface area contributed by atoms with Crippen molar-refractivity contribution >= 4 is 5.78 Å². The molecule has 2 aliphatic rings. The normalized spacial score (nSPS) is 20.1. The first-order valence-corrected chi connectivity index (χ1v) is 13.4. The SMILES string of the molecule is C=C1CCCCN1.CC.Cc1nn2cc(C(C)C(C)CCC(C)(F)F)nc2nc1C1CCCCN1. The van der Waals surface area contributed by atoms with Crippen molar-refractivity contribution in [3.05, 3.63) is 35.6 Å². The number of hydrogen-bond acceptors (Lipinski definition) is 5. The van der Waals surface area contributed by atoms with Crippen LogP contribution in [0.1, 0.15) is 115 Å². The second-order valence-electron chi connectivity index (χ2n) is 9.86. The maximum absolute atomic E-state index is 13.1. The lowest BCUT2D eigenvalue weighted by molar-refractivity contribution is 0.00643. The highest BCUT2D eigenvalue weighted by molar-refractivity contribution is 5.33. The third kappa shape index (κ3) is 9.13. The van der Waals surface area contributed by atoms with Crippen molar-refractivity contribution < 1.29 is 8.78 Å². The van der Waals surface area contributed by atoms with E-state index >= 15 is 0 Å². The van der Waals surface area contributed by atoms with Gasteiger partial charge in [0.25, 0.3) is 5.78 Å². The Hall–Kier alpha value is -2.09. The molecule has 2 aliphatic heterocycles. The van der Waals surface area contributed by atoms with Crippen molar-refractivity contribution in [2.45, 2.75) is 111 Å². The van der Waals surface area contributed by atoms with Crippen LogP contribution in [0.15, 0.2) is 18.5 Å². The number of alkyl halides is 2. The number of fused-ring (bicyclic) bond motifs is 1. The molecule has 0 saturated carbocycles. The van der Waals surface area contributed by atoms with E-state index in [0.29, 0.717) is 12.2 Å². The van der Waals surface area contributed by atoms with Crippen LogP contribution in [0.5, 0.6) is 0 Å². The summed E-state index contributed by atoms with van der Waals surface area (Å²) >= 11 is 0. The van der Waals surface area contributed by atoms with Crippen LogP contribution >= 0.6 is 0 Å². The summed E-state index contributed by atoms with van der Waals surface area (Å²) in [6.45, 7) is 16.9. The molecule has 4 rings (SSSR count). The van der Waals surface area contributed by atoms with Crippen LogP contribution in [-0.2, 0) is 0 Å². The van der Waals surface area contributed by atoms with E-state index in [4.69, 9.17) is 4.98 Å². The molecular formula is C27H46F2N6. The van der Waals surface area contributed by atoms with E-state index in [2.05, 4.69) is 27.3 Å². The van der Waals surface area contributed by atoms with E-state index in [1.165, 1.54) is 37.8 Å². The van der Waals surface area contributed by atoms with Crippen LogP contribution in [0.2, 0.25) is 0 Å². The number of halogens is 2. The smallest absolute Gasteiger partial charge is 0.251 e. The van der Waals surface area contributed by atoms with Crippen molar-refractivity contribution in [1.82, 2.24) is 30.2 Å². The second kappa shape index (κ2) is 13.9. The van der Waals surface area contributed by atoms with E-state index in [1.807, 2.05) is 40.8 Å². The van der Waals surface area contributed by atoms with Crippen LogP contribution in [0.4, 0.5) is 8.78 Å². The molecule has 2 saturated heterocycles. The first-order chi connectivity index (χ1) is 16.6. The minimum Gasteiger partial charge on any atom is -0.389 e. The van der Waals surface area contributed by atoms with Crippen molar-refractivity contribution in [3.8, 4) is 0 Å². The first-order valence-electron chi connectivity index (χ1n) is 13.4. The average molecular weight is 493 g/mol. The number of piperidine rings is 2. The molecule has 2 aromatic rings. The summed E-state index contributed by atoms with van der Waals surface area (Å²) in [5, 5.41) is 11.3. The molecule has 0 aromatic carbocycles. The molecule has 8 heteroatoms. The molecule has 35 heavy (non-hydrogen) atoms. The van der Waals surface area contributed by atoms with Gasteiger partial charge in [0.1, 0.15) is 0 Å². The fourth-order valence-electron chi connectivity index (χ4n) is 4.40. The summed E-state index contributed by atoms with van der Waals surface area (Å²) in [6, 6.07) is 0.240. The van der Waals surface area contributed by atoms with Gasteiger partial charge in [-0.2, -0.15) is 5.10 Å². The molecule has 2 fully saturated rings. The van der Waals surface area contributed by atoms with Crippen LogP contribution in [0, 0.1) is 12.8 Å². The monoisotopic (exact) mass is 492 g/mol. The standard InChI is InChI=1S/C19H29F2N5.C6H11N.C2H6/c1-12(8-9-19(4,20)21)13(2)16-11-26-18(23-16)24-17(14(3)25-26)15-7-5-6-10-22-15;1-6-4-2-3-5-7-6;1-2/h11-13,15,22H,5-10H2,1-4H3;7H,1-5H2;1-2H3. The molecule has 2 N–H and O–H groups in total. The summed E-state index contributed by atoms with van der Waals surface area (Å²) in [5.74, 6) is -1.83. The van der Waals surface area contributed by atoms with Crippen molar-refractivity contribution in [3.63, 3.8) is 0 Å². The Balaban J connectivity index is 0.000000407. The third-order valence-corrected chi connectivity index (χ3v) is 6.82. The van der Waals surface area contributed by atoms with Crippen molar-refractivity contribution in [2.24, 2.45) is 5.92 Å². The Labute approximate surface area is 210 Å². The molecule has 0 aliphatic carbocycles. The largest absolute Gasteiger partial charge is 0.389 e. The fraction of sp³-hybridized carbons (Fsp3) is 0.741. The molecule has 3 unspecified atom stereocenters. The molecule has 0 amide bonds. The van der Waals surface area contributed by atoms with Gasteiger partial charge < -0.3 is 10.6 Å². The maximum Gasteiger partial charge on any atom is 0.251 e. The van der Waals surface area contributed by atoms with E-state index < -0.39 is 5.92 Å². The number of allylic oxidation sites excluding steroid dienone is 1. The van der Waals surface area contributed by atoms with Crippen molar-refractivity contribution in [2.75, 3.05) is 13.1 Å². The number of aryl methyl sites for hydroxylation is 1. The summed E-state index contributed by atoms with van der Waals surface area (Å²) in [4.78, 5) is 9.40. The number of imidazole rings is 1. The summed E-state index contributed by atoms with van der Waals surface area (Å²) in [6.07, 6.45) is 9.54. The lowest BCUT2D eigenvalue weighted by atomic mass is 9.88. The molecule has 2 aromatic heterocycles. The highest BCUT2D eigenvalue weighted by Crippen LogP contribution is 2.31. The zero-order chi connectivity index (χ0) is 26.0. The van der Waals surface area contributed by atoms with Gasteiger partial charge in [-0.05, 0) is 64.8 Å². The number of nitrogens with zero attached hydrogens (tertiary/aromatic N) is 4. The van der Waals surface area contributed by atoms with Crippen LogP contribution < -0.4 is 10.6 Å². The summed E-state index contributed by atoms with van der Waals surface area (Å²) in [7, 11) is 0. The van der Waals surface area contributed by atoms with E-state index in [1.54, 1.807) is 4.52 Å². The Kier molecular flexibility index (Phi) is 11.5. The molecular weight excluding hydrogens is 446 g/mol. The zero-order valence-electron chi connectivity index (χ0n) is 22.6. The number of hydrogen-bond donors (Lipinski definition) is 2. The Morgan fingerprint density at radius 2 is 1.86 bits per heavy atom. The number of aromatic nitrogens is 4. The predicted octanol–water partition coefficient (Wildman–Crippen LogP) is 6.72. The first kappa shape index (κ1) is 29.1. The minimum atomic E-state index is -2.62. The number of nitrogens with one attached hydrogen (secondary N) is 2. The highest BCUT2D eigenvalue weighted by Gasteiger charge is 2.26. The van der Waals surface area contributed by atoms with Gasteiger partial charge in [0.05, 0.1) is 29.3 Å². The lowest BCUT2D eigenvalue weighted by Crippen LogP contribution is -2.28. The quantitative estimate of drug-likeness (QED) is 0.468. The fourth-order valence-corrected chi connectivity index (χ4v) is 4.40. The van der Waals surface area contributed by atoms with Crippen LogP contribution in [0.3, 0.4) is 0 Å². The summed E-state index contributed by atoms with van der Waals surface area (Å²) in [5.41, 5.74) is 3.96. The van der Waals surface area contributed by atoms with Gasteiger partial charge in [0.2, 0.25) is 5.92 Å². The minimum absolute atomic E-state index is 0.0809. The third-order valence-electron chi connectivity index (χ3n) is 6.82. The number of rotatable bonds is 6. The topological polar surface area (TPSA) is 67.1 Å². The molecule has 0 spiro atoms. The van der Waals surface area contributed by atoms with Gasteiger partial charge in [0.15, 0.2) is 0 Å². The van der Waals surface area contributed by atoms with Crippen molar-refractivity contribution in [1.29, 1.82) is 0 Å². The Bertz CT molecular complexity index is 906. The molecule has 4 heterocycles. The van der Waals surface area contributed by atoms with E-state index in [-0.39, 0.29) is 24.3 Å². The Morgan fingerprint density at radius 3 is 2.40 bits per heavy atom. The molecule has 0 radical (unpaired) electrons.